The van der Waals surface area contributed by atoms with Crippen LogP contribution in [0.15, 0.2) is 60.7 Å². The van der Waals surface area contributed by atoms with E-state index in [1.165, 1.54) is 11.0 Å². The molecule has 10 nitrogen and oxygen atoms in total. The molecule has 1 N–H and O–H groups in total. The molecule has 0 saturated carbocycles. The van der Waals surface area contributed by atoms with Crippen LogP contribution in [-0.4, -0.2) is 54.2 Å². The van der Waals surface area contributed by atoms with E-state index < -0.39 is 23.7 Å². The van der Waals surface area contributed by atoms with Crippen molar-refractivity contribution in [3.63, 3.8) is 0 Å². The Kier molecular flexibility index (Phi) is 12.0. The summed E-state index contributed by atoms with van der Waals surface area (Å²) in [5.41, 5.74) is 1.02. The van der Waals surface area contributed by atoms with Crippen LogP contribution in [0.5, 0.6) is 17.2 Å². The van der Waals surface area contributed by atoms with Crippen LogP contribution in [0, 0.1) is 6.92 Å². The number of hydrogen-bond donors (Lipinski definition) is 1. The van der Waals surface area contributed by atoms with E-state index in [2.05, 4.69) is 25.4 Å². The number of ketones is 1. The van der Waals surface area contributed by atoms with Crippen molar-refractivity contribution in [1.82, 2.24) is 4.98 Å². The van der Waals surface area contributed by atoms with Crippen molar-refractivity contribution < 1.29 is 38.4 Å². The summed E-state index contributed by atoms with van der Waals surface area (Å²) in [6, 6.07) is 10.7. The quantitative estimate of drug-likeness (QED) is 0.0430. The number of aliphatic hydroxyl groups is 1. The van der Waals surface area contributed by atoms with E-state index >= 15 is 0 Å². The minimum absolute atomic E-state index is 0.00529. The standard InChI is InChI=1S/C35H40N2O8S/c1-6-10-19-43-25-15-12-23(13-16-25)30(38)28-29(24-14-17-26(44-20-11-7-2)27(21-24)42-9-4)37(33(40)31(28)39)35-36-22(5)32(46-35)34(41)45-18-8-3/h8,12-17,21,29,38H,3,6-7,9-11,18-20H2,1-2,4-5H3. The first-order chi connectivity index (χ1) is 22.2. The maximum Gasteiger partial charge on any atom is 0.350 e. The molecular formula is C35H40N2O8S. The summed E-state index contributed by atoms with van der Waals surface area (Å²) in [6.07, 6.45) is 5.16. The van der Waals surface area contributed by atoms with E-state index in [-0.39, 0.29) is 27.9 Å². The fourth-order valence-electron chi connectivity index (χ4n) is 4.83. The number of ether oxygens (including phenoxy) is 4. The normalized spacial score (nSPS) is 15.6. The molecule has 1 saturated heterocycles. The van der Waals surface area contributed by atoms with Crippen molar-refractivity contribution in [2.45, 2.75) is 59.4 Å². The van der Waals surface area contributed by atoms with Gasteiger partial charge in [-0.15, -0.1) is 0 Å². The maximum absolute atomic E-state index is 13.7. The molecule has 0 radical (unpaired) electrons. The number of rotatable bonds is 16. The van der Waals surface area contributed by atoms with Gasteiger partial charge in [-0.1, -0.05) is 56.7 Å². The predicted octanol–water partition coefficient (Wildman–Crippen LogP) is 7.18. The van der Waals surface area contributed by atoms with E-state index in [4.69, 9.17) is 18.9 Å². The number of amides is 1. The van der Waals surface area contributed by atoms with Crippen LogP contribution in [0.3, 0.4) is 0 Å². The van der Waals surface area contributed by atoms with Crippen LogP contribution >= 0.6 is 11.3 Å². The van der Waals surface area contributed by atoms with Gasteiger partial charge in [-0.3, -0.25) is 14.5 Å². The number of Topliss-reactive ketones (excluding diaryl/α,β-unsaturated/α-hetero) is 1. The van der Waals surface area contributed by atoms with Gasteiger partial charge >= 0.3 is 11.9 Å². The number of carbonyl (C=O) groups excluding carboxylic acids is 3. The first-order valence-electron chi connectivity index (χ1n) is 15.4. The van der Waals surface area contributed by atoms with Crippen LogP contribution in [0.2, 0.25) is 0 Å². The molecule has 2 heterocycles. The fraction of sp³-hybridized carbons (Fsp3) is 0.371. The average molecular weight is 649 g/mol. The van der Waals surface area contributed by atoms with Gasteiger partial charge in [0.1, 0.15) is 23.0 Å². The first-order valence-corrected chi connectivity index (χ1v) is 16.3. The fourth-order valence-corrected chi connectivity index (χ4v) is 5.82. The van der Waals surface area contributed by atoms with Crippen LogP contribution in [0.1, 0.15) is 79.0 Å². The number of esters is 1. The Balaban J connectivity index is 1.84. The third-order valence-electron chi connectivity index (χ3n) is 7.19. The lowest BCUT2D eigenvalue weighted by Crippen LogP contribution is -2.29. The zero-order valence-electron chi connectivity index (χ0n) is 26.7. The van der Waals surface area contributed by atoms with E-state index in [0.29, 0.717) is 53.9 Å². The Morgan fingerprint density at radius 3 is 2.35 bits per heavy atom. The van der Waals surface area contributed by atoms with Gasteiger partial charge in [0, 0.05) is 5.56 Å². The molecular weight excluding hydrogens is 608 g/mol. The number of thiazole rings is 1. The number of hydrogen-bond acceptors (Lipinski definition) is 10. The summed E-state index contributed by atoms with van der Waals surface area (Å²) in [5, 5.41) is 11.7. The topological polar surface area (TPSA) is 124 Å². The zero-order valence-corrected chi connectivity index (χ0v) is 27.5. The smallest absolute Gasteiger partial charge is 0.350 e. The van der Waals surface area contributed by atoms with E-state index in [1.807, 2.05) is 6.92 Å². The third-order valence-corrected chi connectivity index (χ3v) is 8.32. The minimum Gasteiger partial charge on any atom is -0.507 e. The molecule has 46 heavy (non-hydrogen) atoms. The van der Waals surface area contributed by atoms with Gasteiger partial charge in [-0.05, 0) is 68.7 Å². The molecule has 3 aromatic rings. The van der Waals surface area contributed by atoms with E-state index in [0.717, 1.165) is 37.0 Å². The Hall–Kier alpha value is -4.64. The molecule has 1 aliphatic heterocycles. The van der Waals surface area contributed by atoms with Gasteiger partial charge in [-0.25, -0.2) is 9.78 Å². The van der Waals surface area contributed by atoms with Crippen LogP contribution < -0.4 is 19.1 Å². The highest BCUT2D eigenvalue weighted by atomic mass is 32.1. The Bertz CT molecular complexity index is 1590. The molecule has 1 atom stereocenters. The van der Waals surface area contributed by atoms with Crippen molar-refractivity contribution in [1.29, 1.82) is 0 Å². The molecule has 0 spiro atoms. The highest BCUT2D eigenvalue weighted by Crippen LogP contribution is 2.45. The summed E-state index contributed by atoms with van der Waals surface area (Å²) in [6.45, 7) is 12.6. The largest absolute Gasteiger partial charge is 0.507 e. The minimum atomic E-state index is -1.09. The van der Waals surface area contributed by atoms with Gasteiger partial charge in [0.15, 0.2) is 16.6 Å². The highest BCUT2D eigenvalue weighted by Gasteiger charge is 2.48. The lowest BCUT2D eigenvalue weighted by molar-refractivity contribution is -0.132. The number of nitrogens with zero attached hydrogens (tertiary/aromatic N) is 2. The monoisotopic (exact) mass is 648 g/mol. The van der Waals surface area contributed by atoms with E-state index in [1.54, 1.807) is 49.4 Å². The van der Waals surface area contributed by atoms with E-state index in [9.17, 15) is 19.5 Å². The number of benzene rings is 2. The second-order valence-corrected chi connectivity index (χ2v) is 11.5. The van der Waals surface area contributed by atoms with Crippen LogP contribution in [0.4, 0.5) is 5.13 Å². The Morgan fingerprint density at radius 1 is 1.00 bits per heavy atom. The molecule has 244 valence electrons. The maximum atomic E-state index is 13.7. The van der Waals surface area contributed by atoms with Crippen molar-refractivity contribution >= 4 is 39.9 Å². The first kappa shape index (κ1) is 34.2. The number of aliphatic hydroxyl groups excluding tert-OH is 1. The summed E-state index contributed by atoms with van der Waals surface area (Å²) in [5.74, 6) is -1.20. The summed E-state index contributed by atoms with van der Waals surface area (Å²) in [7, 11) is 0. The van der Waals surface area contributed by atoms with Gasteiger partial charge in [-0.2, -0.15) is 0 Å². The molecule has 0 aliphatic carbocycles. The highest BCUT2D eigenvalue weighted by molar-refractivity contribution is 7.17. The second-order valence-electron chi connectivity index (χ2n) is 10.5. The summed E-state index contributed by atoms with van der Waals surface area (Å²) >= 11 is 0.928. The third kappa shape index (κ3) is 7.59. The predicted molar refractivity (Wildman–Crippen MR) is 177 cm³/mol. The zero-order chi connectivity index (χ0) is 33.2. The SMILES string of the molecule is C=CCOC(=O)c1sc(N2C(=O)C(=O)C(=C(O)c3ccc(OCCCC)cc3)C2c2ccc(OCCCC)c(OCC)c2)nc1C. The van der Waals surface area contributed by atoms with Crippen molar-refractivity contribution in [2.75, 3.05) is 31.3 Å². The Morgan fingerprint density at radius 2 is 1.70 bits per heavy atom. The molecule has 1 aromatic heterocycles. The van der Waals surface area contributed by atoms with Gasteiger partial charge in [0.2, 0.25) is 0 Å². The van der Waals surface area contributed by atoms with Crippen molar-refractivity contribution in [3.05, 3.63) is 82.4 Å². The van der Waals surface area contributed by atoms with Gasteiger partial charge in [0.25, 0.3) is 5.78 Å². The molecule has 11 heteroatoms. The molecule has 1 unspecified atom stereocenters. The lowest BCUT2D eigenvalue weighted by Gasteiger charge is -2.24. The number of aromatic nitrogens is 1. The van der Waals surface area contributed by atoms with Crippen molar-refractivity contribution in [2.24, 2.45) is 0 Å². The van der Waals surface area contributed by atoms with Gasteiger partial charge in [0.05, 0.1) is 37.1 Å². The molecule has 4 rings (SSSR count). The number of anilines is 1. The molecule has 1 aliphatic rings. The van der Waals surface area contributed by atoms with Gasteiger partial charge < -0.3 is 24.1 Å². The average Bonchev–Trinajstić information content (AvgIpc) is 3.56. The summed E-state index contributed by atoms with van der Waals surface area (Å²) in [4.78, 5) is 46.1. The Labute approximate surface area is 273 Å². The number of unbranched alkanes of at least 4 members (excludes halogenated alkanes) is 2. The summed E-state index contributed by atoms with van der Waals surface area (Å²) < 4.78 is 22.8. The van der Waals surface area contributed by atoms with Crippen LogP contribution in [-0.2, 0) is 14.3 Å². The van der Waals surface area contributed by atoms with Crippen molar-refractivity contribution in [3.8, 4) is 17.2 Å². The molecule has 0 bridgehead atoms. The molecule has 1 fully saturated rings. The number of carbonyl (C=O) groups is 3. The lowest BCUT2D eigenvalue weighted by atomic mass is 9.95. The molecule has 2 aromatic carbocycles. The van der Waals surface area contributed by atoms with Crippen LogP contribution in [0.25, 0.3) is 5.76 Å². The second kappa shape index (κ2) is 16.1. The number of aryl methyl sites for hydroxylation is 1. The molecule has 1 amide bonds.